The van der Waals surface area contributed by atoms with Crippen molar-refractivity contribution >= 4 is 88.2 Å². The summed E-state index contributed by atoms with van der Waals surface area (Å²) >= 11 is 9.53. The molecular formula is C31H59Cl2N3O20P2. The molecule has 1 unspecified atom stereocenters. The van der Waals surface area contributed by atoms with Crippen molar-refractivity contribution in [3.63, 3.8) is 0 Å². The van der Waals surface area contributed by atoms with Gasteiger partial charge in [-0.2, -0.15) is 0 Å². The number of carbonyl (C=O) groups is 8. The Hall–Kier alpha value is -3.69. The summed E-state index contributed by atoms with van der Waals surface area (Å²) < 4.78 is 51.3. The fourth-order valence-corrected chi connectivity index (χ4v) is 2.83. The zero-order valence-electron chi connectivity index (χ0n) is 31.8. The van der Waals surface area contributed by atoms with Gasteiger partial charge >= 0.3 is 39.1 Å². The van der Waals surface area contributed by atoms with Crippen LogP contribution in [0.15, 0.2) is 0 Å². The van der Waals surface area contributed by atoms with Crippen LogP contribution in [0.5, 0.6) is 0 Å². The third kappa shape index (κ3) is 50.3. The summed E-state index contributed by atoms with van der Waals surface area (Å²) in [7, 11) is -8.36. The lowest BCUT2D eigenvalue weighted by molar-refractivity contribution is -0.161. The van der Waals surface area contributed by atoms with Crippen molar-refractivity contribution < 1.29 is 95.3 Å². The first-order valence-corrected chi connectivity index (χ1v) is 20.5. The van der Waals surface area contributed by atoms with Gasteiger partial charge < -0.3 is 53.2 Å². The average Bonchev–Trinajstić information content (AvgIpc) is 3.05. The third-order valence-corrected chi connectivity index (χ3v) is 6.64. The van der Waals surface area contributed by atoms with Gasteiger partial charge in [-0.25, -0.2) is 14.2 Å². The molecule has 342 valence electrons. The molecule has 1 heterocycles. The molecule has 3 N–H and O–H groups in total. The molecular weight excluding hydrogens is 867 g/mol. The quantitative estimate of drug-likeness (QED) is 0.0359. The molecule has 23 nitrogen and oxygen atoms in total. The van der Waals surface area contributed by atoms with E-state index < -0.39 is 50.3 Å². The fourth-order valence-electron chi connectivity index (χ4n) is 2.83. The van der Waals surface area contributed by atoms with Crippen LogP contribution in [0, 0.1) is 0 Å². The highest BCUT2D eigenvalue weighted by atomic mass is 35.5. The number of ether oxygens (including phenoxy) is 7. The van der Waals surface area contributed by atoms with Gasteiger partial charge in [0.1, 0.15) is 37.6 Å². The van der Waals surface area contributed by atoms with Crippen molar-refractivity contribution in [3.05, 3.63) is 0 Å². The SMILES string of the molecule is C.C.CC(C)(C)OC(=O)N(CCOC=O)CCOC=O.CC(C)(C)OC(=O)N1CCC(=O)OC(=O)CC1.ClCCl.O=COCCNCCOC=O.O=[P+]([O-])P(=O)(O)O. The molecule has 1 atom stereocenters. The maximum absolute atomic E-state index is 11.8. The average molecular weight is 927 g/mol. The van der Waals surface area contributed by atoms with Gasteiger partial charge in [-0.1, -0.05) is 19.4 Å². The van der Waals surface area contributed by atoms with E-state index in [-0.39, 0.29) is 72.4 Å². The number of alkyl halides is 2. The second-order valence-electron chi connectivity index (χ2n) is 11.8. The van der Waals surface area contributed by atoms with Gasteiger partial charge in [0.2, 0.25) is 0 Å². The number of rotatable bonds is 17. The monoisotopic (exact) mass is 925 g/mol. The van der Waals surface area contributed by atoms with Crippen molar-refractivity contribution in [1.82, 2.24) is 15.1 Å². The molecule has 1 rings (SSSR count). The van der Waals surface area contributed by atoms with Gasteiger partial charge in [0.15, 0.2) is 0 Å². The van der Waals surface area contributed by atoms with Gasteiger partial charge in [-0.05, 0) is 41.5 Å². The maximum Gasteiger partial charge on any atom is 0.561 e. The van der Waals surface area contributed by atoms with Crippen LogP contribution in [-0.4, -0.2) is 152 Å². The smallest absolute Gasteiger partial charge is 0.561 e. The highest BCUT2D eigenvalue weighted by molar-refractivity contribution is 8.19. The van der Waals surface area contributed by atoms with Gasteiger partial charge in [0.05, 0.1) is 31.3 Å². The molecule has 58 heavy (non-hydrogen) atoms. The molecule has 1 aliphatic rings. The lowest BCUT2D eigenvalue weighted by Crippen LogP contribution is -2.40. The molecule has 27 heteroatoms. The van der Waals surface area contributed by atoms with Crippen molar-refractivity contribution in [2.24, 2.45) is 0 Å². The summed E-state index contributed by atoms with van der Waals surface area (Å²) in [4.78, 5) is 112. The summed E-state index contributed by atoms with van der Waals surface area (Å²) in [5.41, 5.74) is -1.21. The van der Waals surface area contributed by atoms with Crippen LogP contribution in [-0.2, 0) is 71.1 Å². The van der Waals surface area contributed by atoms with E-state index in [1.54, 1.807) is 41.5 Å². The standard InChI is InChI=1S/C11H19NO6.C11H17NO5.C6H11NO4.CH2Cl2.2CH4.H2O5P2/c1-11(2,3)18-10(15)12(4-6-16-8-13)5-7-17-9-14;1-11(2,3)17-10(15)12-6-4-8(13)16-9(14)5-7-12;8-5-10-3-1-7-2-4-11-6-9;2-1-3;;;1-6(2)7(3,4)5/h8-9H,4-7H2,1-3H3;4-7H2,1-3H3;5-7H,1-4H2;1H2;2*1H4;(H2,3,4,5). The van der Waals surface area contributed by atoms with Crippen LogP contribution in [0.25, 0.3) is 0 Å². The Balaban J connectivity index is -0.000000157. The maximum atomic E-state index is 11.8. The number of hydrogen-bond acceptors (Lipinski definition) is 19. The molecule has 0 spiro atoms. The van der Waals surface area contributed by atoms with Crippen molar-refractivity contribution in [2.45, 2.75) is 80.4 Å². The first-order chi connectivity index (χ1) is 26.0. The number of amides is 2. The molecule has 0 aromatic rings. The van der Waals surface area contributed by atoms with E-state index in [0.717, 1.165) is 0 Å². The summed E-state index contributed by atoms with van der Waals surface area (Å²) in [6.45, 7) is 14.6. The second-order valence-corrected chi connectivity index (χ2v) is 16.6. The third-order valence-electron chi connectivity index (χ3n) is 4.94. The topological polar surface area (TPSA) is 317 Å². The second kappa shape index (κ2) is 40.1. The van der Waals surface area contributed by atoms with Gasteiger partial charge in [0.25, 0.3) is 25.9 Å². The minimum atomic E-state index is -4.78. The van der Waals surface area contributed by atoms with Gasteiger partial charge in [-0.3, -0.25) is 38.6 Å². The summed E-state index contributed by atoms with van der Waals surface area (Å²) in [5, 5.41) is 3.08. The molecule has 0 saturated carbocycles. The molecule has 2 amide bonds. The van der Waals surface area contributed by atoms with E-state index in [1.807, 2.05) is 0 Å². The zero-order valence-corrected chi connectivity index (χ0v) is 35.1. The normalized spacial score (nSPS) is 12.2. The number of carbonyl (C=O) groups excluding carboxylic acids is 8. The molecule has 0 aliphatic carbocycles. The van der Waals surface area contributed by atoms with Gasteiger partial charge in [0, 0.05) is 26.2 Å². The predicted molar refractivity (Wildman–Crippen MR) is 207 cm³/mol. The molecule has 0 aromatic carbocycles. The Labute approximate surface area is 349 Å². The van der Waals surface area contributed by atoms with Crippen molar-refractivity contribution in [3.8, 4) is 0 Å². The Bertz CT molecular complexity index is 1170. The summed E-state index contributed by atoms with van der Waals surface area (Å²) in [5.74, 6) is -1.22. The Morgan fingerprint density at radius 3 is 1.43 bits per heavy atom. The summed E-state index contributed by atoms with van der Waals surface area (Å²) in [6.07, 6.45) is -1.05. The van der Waals surface area contributed by atoms with Crippen molar-refractivity contribution in [2.75, 3.05) is 71.0 Å². The molecule has 0 bridgehead atoms. The van der Waals surface area contributed by atoms with Crippen molar-refractivity contribution in [1.29, 1.82) is 0 Å². The number of hydrogen-bond donors (Lipinski definition) is 3. The van der Waals surface area contributed by atoms with Crippen LogP contribution < -0.4 is 10.2 Å². The van der Waals surface area contributed by atoms with Gasteiger partial charge in [-0.15, -0.1) is 23.2 Å². The number of nitrogens with one attached hydrogen (secondary N) is 1. The van der Waals surface area contributed by atoms with E-state index in [9.17, 15) is 52.4 Å². The minimum Gasteiger partial charge on any atom is -0.588 e. The molecule has 1 aliphatic heterocycles. The highest BCUT2D eigenvalue weighted by Gasteiger charge is 2.30. The zero-order chi connectivity index (χ0) is 44.2. The number of cyclic esters (lactones) is 2. The van der Waals surface area contributed by atoms with E-state index in [4.69, 9.17) is 42.5 Å². The highest BCUT2D eigenvalue weighted by Crippen LogP contribution is 2.56. The Kier molecular flexibility index (Phi) is 45.7. The van der Waals surface area contributed by atoms with Crippen LogP contribution in [0.4, 0.5) is 9.59 Å². The predicted octanol–water partition coefficient (Wildman–Crippen LogP) is 2.45. The van der Waals surface area contributed by atoms with Crippen LogP contribution in [0.2, 0.25) is 0 Å². The molecule has 1 saturated heterocycles. The fraction of sp³-hybridized carbons (Fsp3) is 0.742. The van der Waals surface area contributed by atoms with Crippen LogP contribution >= 0.6 is 38.2 Å². The largest absolute Gasteiger partial charge is 0.588 e. The number of esters is 2. The Morgan fingerprint density at radius 1 is 0.810 bits per heavy atom. The van der Waals surface area contributed by atoms with Crippen LogP contribution in [0.3, 0.4) is 0 Å². The first kappa shape index (κ1) is 66.1. The van der Waals surface area contributed by atoms with E-state index in [2.05, 4.69) is 29.0 Å². The molecule has 0 aromatic heterocycles. The lowest BCUT2D eigenvalue weighted by Gasteiger charge is -2.27. The number of halogens is 2. The lowest BCUT2D eigenvalue weighted by atomic mass is 10.2. The first-order valence-electron chi connectivity index (χ1n) is 15.9. The number of nitrogens with zero attached hydrogens (tertiary/aromatic N) is 2. The summed E-state index contributed by atoms with van der Waals surface area (Å²) in [6, 6.07) is 0. The minimum absolute atomic E-state index is 0. The van der Waals surface area contributed by atoms with Crippen LogP contribution in [0.1, 0.15) is 69.2 Å². The van der Waals surface area contributed by atoms with E-state index >= 15 is 0 Å². The van der Waals surface area contributed by atoms with E-state index in [0.29, 0.717) is 52.2 Å². The molecule has 1 fully saturated rings. The Morgan fingerprint density at radius 2 is 1.14 bits per heavy atom. The van der Waals surface area contributed by atoms with E-state index in [1.165, 1.54) is 9.80 Å². The molecule has 0 radical (unpaired) electrons.